The zero-order chi connectivity index (χ0) is 14.4. The fourth-order valence-electron chi connectivity index (χ4n) is 2.34. The molecule has 0 radical (unpaired) electrons. The Kier molecular flexibility index (Phi) is 5.35. The highest BCUT2D eigenvalue weighted by Gasteiger charge is 2.11. The van der Waals surface area contributed by atoms with Crippen molar-refractivity contribution in [3.63, 3.8) is 0 Å². The van der Waals surface area contributed by atoms with Crippen molar-refractivity contribution in [1.82, 2.24) is 20.0 Å². The molecule has 2 aromatic heterocycles. The summed E-state index contributed by atoms with van der Waals surface area (Å²) < 4.78 is 7.36. The first kappa shape index (κ1) is 14.8. The van der Waals surface area contributed by atoms with E-state index in [1.165, 1.54) is 5.56 Å². The maximum atomic E-state index is 5.27. The molecule has 1 N–H and O–H groups in total. The largest absolute Gasteiger partial charge is 0.345 e. The van der Waals surface area contributed by atoms with Crippen LogP contribution in [0.3, 0.4) is 0 Å². The SMILES string of the molecule is CCCc1noc(Cn2ccc(C(CC)NCC)c2)n1. The van der Waals surface area contributed by atoms with E-state index < -0.39 is 0 Å². The average molecular weight is 276 g/mol. The van der Waals surface area contributed by atoms with Gasteiger partial charge >= 0.3 is 0 Å². The molecule has 0 aromatic carbocycles. The third-order valence-electron chi connectivity index (χ3n) is 3.34. The van der Waals surface area contributed by atoms with Crippen molar-refractivity contribution < 1.29 is 4.52 Å². The summed E-state index contributed by atoms with van der Waals surface area (Å²) >= 11 is 0. The number of hydrogen-bond donors (Lipinski definition) is 1. The van der Waals surface area contributed by atoms with Crippen LogP contribution in [-0.4, -0.2) is 21.3 Å². The molecule has 5 heteroatoms. The van der Waals surface area contributed by atoms with E-state index in [-0.39, 0.29) is 0 Å². The highest BCUT2D eigenvalue weighted by molar-refractivity contribution is 5.15. The summed E-state index contributed by atoms with van der Waals surface area (Å²) in [6.07, 6.45) is 7.21. The Bertz CT molecular complexity index is 517. The van der Waals surface area contributed by atoms with Gasteiger partial charge in [0.25, 0.3) is 0 Å². The van der Waals surface area contributed by atoms with Crippen LogP contribution in [0.25, 0.3) is 0 Å². The second-order valence-corrected chi connectivity index (χ2v) is 4.99. The van der Waals surface area contributed by atoms with Crippen LogP contribution in [0.2, 0.25) is 0 Å². The quantitative estimate of drug-likeness (QED) is 0.805. The van der Waals surface area contributed by atoms with Crippen molar-refractivity contribution >= 4 is 0 Å². The molecule has 0 saturated carbocycles. The van der Waals surface area contributed by atoms with Gasteiger partial charge in [-0.05, 0) is 31.0 Å². The molecule has 2 aromatic rings. The third kappa shape index (κ3) is 3.70. The first-order valence-electron chi connectivity index (χ1n) is 7.47. The molecule has 0 bridgehead atoms. The lowest BCUT2D eigenvalue weighted by molar-refractivity contribution is 0.366. The third-order valence-corrected chi connectivity index (χ3v) is 3.34. The van der Waals surface area contributed by atoms with Crippen LogP contribution in [-0.2, 0) is 13.0 Å². The van der Waals surface area contributed by atoms with Gasteiger partial charge in [0.05, 0.1) is 0 Å². The minimum absolute atomic E-state index is 0.416. The second kappa shape index (κ2) is 7.24. The van der Waals surface area contributed by atoms with Crippen molar-refractivity contribution in [3.8, 4) is 0 Å². The molecular formula is C15H24N4O. The molecule has 0 aliphatic rings. The predicted molar refractivity (Wildman–Crippen MR) is 78.5 cm³/mol. The Morgan fingerprint density at radius 1 is 1.35 bits per heavy atom. The van der Waals surface area contributed by atoms with Gasteiger partial charge in [-0.3, -0.25) is 0 Å². The maximum absolute atomic E-state index is 5.27. The van der Waals surface area contributed by atoms with Crippen molar-refractivity contribution in [2.75, 3.05) is 6.54 Å². The van der Waals surface area contributed by atoms with Crippen molar-refractivity contribution in [2.45, 2.75) is 52.6 Å². The molecule has 1 unspecified atom stereocenters. The summed E-state index contributed by atoms with van der Waals surface area (Å²) in [6, 6.07) is 2.57. The molecule has 1 atom stereocenters. The molecule has 0 fully saturated rings. The molecule has 0 aliphatic carbocycles. The van der Waals surface area contributed by atoms with Crippen molar-refractivity contribution in [1.29, 1.82) is 0 Å². The molecule has 2 rings (SSSR count). The first-order chi connectivity index (χ1) is 9.76. The molecule has 5 nitrogen and oxygen atoms in total. The normalized spacial score (nSPS) is 12.8. The lowest BCUT2D eigenvalue weighted by Crippen LogP contribution is -2.19. The summed E-state index contributed by atoms with van der Waals surface area (Å²) in [5, 5.41) is 7.46. The summed E-state index contributed by atoms with van der Waals surface area (Å²) in [5.74, 6) is 1.47. The van der Waals surface area contributed by atoms with Gasteiger partial charge in [0.15, 0.2) is 5.82 Å². The van der Waals surface area contributed by atoms with E-state index in [9.17, 15) is 0 Å². The van der Waals surface area contributed by atoms with E-state index in [0.717, 1.165) is 31.6 Å². The molecule has 0 saturated heterocycles. The maximum Gasteiger partial charge on any atom is 0.246 e. The van der Waals surface area contributed by atoms with Crippen molar-refractivity contribution in [3.05, 3.63) is 35.7 Å². The van der Waals surface area contributed by atoms with Crippen LogP contribution in [0.1, 0.15) is 56.9 Å². The fraction of sp³-hybridized carbons (Fsp3) is 0.600. The molecular weight excluding hydrogens is 252 g/mol. The number of aromatic nitrogens is 3. The molecule has 0 aliphatic heterocycles. The van der Waals surface area contributed by atoms with Crippen LogP contribution in [0.5, 0.6) is 0 Å². The lowest BCUT2D eigenvalue weighted by atomic mass is 10.1. The summed E-state index contributed by atoms with van der Waals surface area (Å²) in [4.78, 5) is 4.39. The number of nitrogens with zero attached hydrogens (tertiary/aromatic N) is 3. The highest BCUT2D eigenvalue weighted by Crippen LogP contribution is 2.17. The van der Waals surface area contributed by atoms with Crippen molar-refractivity contribution in [2.24, 2.45) is 0 Å². The van der Waals surface area contributed by atoms with Crippen LogP contribution in [0.15, 0.2) is 23.0 Å². The van der Waals surface area contributed by atoms with Crippen LogP contribution < -0.4 is 5.32 Å². The van der Waals surface area contributed by atoms with Gasteiger partial charge in [-0.2, -0.15) is 4.98 Å². The standard InChI is InChI=1S/C15H24N4O/c1-4-7-14-17-15(20-18-14)11-19-9-8-12(10-19)13(5-2)16-6-3/h8-10,13,16H,4-7,11H2,1-3H3. The van der Waals surface area contributed by atoms with Gasteiger partial charge < -0.3 is 14.4 Å². The number of aryl methyl sites for hydroxylation is 1. The second-order valence-electron chi connectivity index (χ2n) is 4.99. The van der Waals surface area contributed by atoms with E-state index in [4.69, 9.17) is 4.52 Å². The molecule has 0 spiro atoms. The molecule has 20 heavy (non-hydrogen) atoms. The average Bonchev–Trinajstić information content (AvgIpc) is 3.07. The van der Waals surface area contributed by atoms with Gasteiger partial charge in [-0.1, -0.05) is 25.9 Å². The van der Waals surface area contributed by atoms with Crippen LogP contribution in [0, 0.1) is 0 Å². The Labute approximate surface area is 120 Å². The number of hydrogen-bond acceptors (Lipinski definition) is 4. The van der Waals surface area contributed by atoms with Gasteiger partial charge in [0.1, 0.15) is 6.54 Å². The molecule has 110 valence electrons. The zero-order valence-corrected chi connectivity index (χ0v) is 12.6. The number of nitrogens with one attached hydrogen (secondary N) is 1. The van der Waals surface area contributed by atoms with E-state index in [1.54, 1.807) is 0 Å². The van der Waals surface area contributed by atoms with Crippen LogP contribution in [0.4, 0.5) is 0 Å². The summed E-state index contributed by atoms with van der Waals surface area (Å²) in [7, 11) is 0. The predicted octanol–water partition coefficient (Wildman–Crippen LogP) is 2.93. The Hall–Kier alpha value is -1.62. The monoisotopic (exact) mass is 276 g/mol. The highest BCUT2D eigenvalue weighted by atomic mass is 16.5. The van der Waals surface area contributed by atoms with E-state index >= 15 is 0 Å². The van der Waals surface area contributed by atoms with E-state index in [2.05, 4.69) is 59.3 Å². The minimum atomic E-state index is 0.416. The van der Waals surface area contributed by atoms with Gasteiger partial charge in [0, 0.05) is 24.9 Å². The summed E-state index contributed by atoms with van der Waals surface area (Å²) in [5.41, 5.74) is 1.31. The fourth-order valence-corrected chi connectivity index (χ4v) is 2.34. The van der Waals surface area contributed by atoms with Crippen LogP contribution >= 0.6 is 0 Å². The van der Waals surface area contributed by atoms with Gasteiger partial charge in [-0.15, -0.1) is 0 Å². The van der Waals surface area contributed by atoms with Gasteiger partial charge in [-0.25, -0.2) is 0 Å². The van der Waals surface area contributed by atoms with E-state index in [1.807, 2.05) is 0 Å². The first-order valence-corrected chi connectivity index (χ1v) is 7.47. The zero-order valence-electron chi connectivity index (χ0n) is 12.6. The van der Waals surface area contributed by atoms with E-state index in [0.29, 0.717) is 18.5 Å². The topological polar surface area (TPSA) is 55.9 Å². The lowest BCUT2D eigenvalue weighted by Gasteiger charge is -2.13. The Morgan fingerprint density at radius 2 is 2.20 bits per heavy atom. The Morgan fingerprint density at radius 3 is 2.90 bits per heavy atom. The Balaban J connectivity index is 2.01. The van der Waals surface area contributed by atoms with Gasteiger partial charge in [0.2, 0.25) is 5.89 Å². The minimum Gasteiger partial charge on any atom is -0.345 e. The summed E-state index contributed by atoms with van der Waals surface area (Å²) in [6.45, 7) is 8.06. The molecule has 0 amide bonds. The molecule has 2 heterocycles. The smallest absolute Gasteiger partial charge is 0.246 e. The number of rotatable bonds is 8.